The molecule has 0 radical (unpaired) electrons. The van der Waals surface area contributed by atoms with E-state index in [0.717, 1.165) is 0 Å². The molecule has 2 aromatic heterocycles. The number of anilines is 3. The van der Waals surface area contributed by atoms with E-state index in [2.05, 4.69) is 15.0 Å². The highest BCUT2D eigenvalue weighted by atomic mass is 19.4. The van der Waals surface area contributed by atoms with Crippen LogP contribution in [-0.4, -0.2) is 67.1 Å². The van der Waals surface area contributed by atoms with Crippen molar-refractivity contribution in [2.45, 2.75) is 57.7 Å². The molecule has 1 saturated heterocycles. The van der Waals surface area contributed by atoms with Crippen molar-refractivity contribution in [1.29, 1.82) is 0 Å². The zero-order chi connectivity index (χ0) is 33.9. The first-order chi connectivity index (χ1) is 22.3. The second kappa shape index (κ2) is 13.8. The van der Waals surface area contributed by atoms with Crippen molar-refractivity contribution < 1.29 is 45.3 Å². The van der Waals surface area contributed by atoms with Crippen LogP contribution in [0, 0.1) is 0 Å². The molecule has 10 nitrogen and oxygen atoms in total. The molecule has 0 aliphatic carbocycles. The van der Waals surface area contributed by atoms with E-state index in [9.17, 15) is 31.1 Å². The molecule has 1 amide bonds. The van der Waals surface area contributed by atoms with Gasteiger partial charge in [0.1, 0.15) is 0 Å². The second-order valence-electron chi connectivity index (χ2n) is 11.0. The van der Waals surface area contributed by atoms with Crippen molar-refractivity contribution in [3.8, 4) is 5.88 Å². The molecule has 3 aromatic rings. The Morgan fingerprint density at radius 3 is 2.19 bits per heavy atom. The van der Waals surface area contributed by atoms with Gasteiger partial charge in [-0.1, -0.05) is 6.92 Å². The van der Waals surface area contributed by atoms with E-state index in [-0.39, 0.29) is 36.5 Å². The van der Waals surface area contributed by atoms with Gasteiger partial charge >= 0.3 is 18.4 Å². The number of rotatable bonds is 8. The normalized spacial score (nSPS) is 18.5. The number of aromatic nitrogens is 3. The Morgan fingerprint density at radius 2 is 1.64 bits per heavy atom. The van der Waals surface area contributed by atoms with Crippen LogP contribution in [-0.2, 0) is 28.4 Å². The number of hydrogen-bond acceptors (Lipinski definition) is 9. The minimum absolute atomic E-state index is 0.0491. The molecule has 0 unspecified atom stereocenters. The zero-order valence-corrected chi connectivity index (χ0v) is 25.9. The average molecular weight is 669 g/mol. The van der Waals surface area contributed by atoms with Crippen LogP contribution in [0.5, 0.6) is 5.88 Å². The zero-order valence-electron chi connectivity index (χ0n) is 25.9. The van der Waals surface area contributed by atoms with Gasteiger partial charge in [0, 0.05) is 31.7 Å². The van der Waals surface area contributed by atoms with Gasteiger partial charge in [0.25, 0.3) is 0 Å². The largest absolute Gasteiger partial charge is 0.481 e. The number of amides is 1. The molecule has 1 aromatic carbocycles. The topological polar surface area (TPSA) is 93.1 Å². The minimum atomic E-state index is -5.03. The number of benzene rings is 1. The van der Waals surface area contributed by atoms with E-state index in [1.165, 1.54) is 16.9 Å². The summed E-state index contributed by atoms with van der Waals surface area (Å²) in [5.74, 6) is 0.238. The molecule has 47 heavy (non-hydrogen) atoms. The molecule has 0 spiro atoms. The van der Waals surface area contributed by atoms with Gasteiger partial charge in [0.05, 0.1) is 73.6 Å². The number of halogens is 6. The number of nitrogens with zero attached hydrogens (tertiary/aromatic N) is 6. The van der Waals surface area contributed by atoms with Crippen LogP contribution in [0.25, 0.3) is 0 Å². The third-order valence-corrected chi connectivity index (χ3v) is 8.09. The van der Waals surface area contributed by atoms with Crippen molar-refractivity contribution in [3.05, 3.63) is 65.1 Å². The number of morpholine rings is 1. The standard InChI is InChI=1S/C31H34F6N6O4/c1-4-22-15-25(27-24(6-7-26(40-27)45-3)43(22)29(44)47-5-2)42(28-38-16-23(17-39-28)41-8-10-46-11-9-41)18-19-12-20(30(32,33)34)14-21(13-19)31(35,36)37/h6-7,12-14,16-17,22,25H,4-5,8-11,15,18H2,1-3H3/t22-,25-/m1/s1. The van der Waals surface area contributed by atoms with E-state index in [0.29, 0.717) is 61.9 Å². The van der Waals surface area contributed by atoms with Crippen molar-refractivity contribution in [1.82, 2.24) is 15.0 Å². The smallest absolute Gasteiger partial charge is 0.416 e. The number of methoxy groups -OCH3 is 1. The lowest BCUT2D eigenvalue weighted by molar-refractivity contribution is -0.143. The summed E-state index contributed by atoms with van der Waals surface area (Å²) >= 11 is 0. The van der Waals surface area contributed by atoms with Crippen LogP contribution >= 0.6 is 0 Å². The predicted octanol–water partition coefficient (Wildman–Crippen LogP) is 6.65. The van der Waals surface area contributed by atoms with Crippen LogP contribution < -0.4 is 19.4 Å². The fourth-order valence-electron chi connectivity index (χ4n) is 5.82. The van der Waals surface area contributed by atoms with Gasteiger partial charge in [-0.2, -0.15) is 26.3 Å². The summed E-state index contributed by atoms with van der Waals surface area (Å²) in [6.07, 6.45) is -6.93. The summed E-state index contributed by atoms with van der Waals surface area (Å²) in [6.45, 7) is 5.40. The van der Waals surface area contributed by atoms with E-state index >= 15 is 0 Å². The maximum Gasteiger partial charge on any atom is 0.416 e. The van der Waals surface area contributed by atoms with E-state index < -0.39 is 48.2 Å². The third kappa shape index (κ3) is 7.47. The quantitative estimate of drug-likeness (QED) is 0.245. The summed E-state index contributed by atoms with van der Waals surface area (Å²) in [4.78, 5) is 31.8. The first kappa shape index (κ1) is 34.0. The fraction of sp³-hybridized carbons (Fsp3) is 0.484. The van der Waals surface area contributed by atoms with Gasteiger partial charge < -0.3 is 24.0 Å². The van der Waals surface area contributed by atoms with Crippen LogP contribution in [0.4, 0.5) is 48.5 Å². The van der Waals surface area contributed by atoms with Crippen molar-refractivity contribution in [3.63, 3.8) is 0 Å². The van der Waals surface area contributed by atoms with Gasteiger partial charge in [-0.25, -0.2) is 19.7 Å². The number of alkyl halides is 6. The number of carbonyl (C=O) groups is 1. The van der Waals surface area contributed by atoms with Crippen LogP contribution in [0.3, 0.4) is 0 Å². The molecule has 0 N–H and O–H groups in total. The van der Waals surface area contributed by atoms with E-state index in [1.807, 2.05) is 11.8 Å². The number of fused-ring (bicyclic) bond motifs is 1. The van der Waals surface area contributed by atoms with Gasteiger partial charge in [0.2, 0.25) is 11.8 Å². The van der Waals surface area contributed by atoms with Crippen LogP contribution in [0.1, 0.15) is 55.1 Å². The fourth-order valence-corrected chi connectivity index (χ4v) is 5.82. The number of pyridine rings is 1. The lowest BCUT2D eigenvalue weighted by atomic mass is 9.92. The first-order valence-corrected chi connectivity index (χ1v) is 15.0. The van der Waals surface area contributed by atoms with Gasteiger partial charge in [0.15, 0.2) is 0 Å². The van der Waals surface area contributed by atoms with Crippen LogP contribution in [0.15, 0.2) is 42.7 Å². The number of carbonyl (C=O) groups excluding carboxylic acids is 1. The van der Waals surface area contributed by atoms with Crippen molar-refractivity contribution >= 4 is 23.4 Å². The SMILES string of the molecule is CCOC(=O)N1c2ccc(OC)nc2[C@H](N(Cc2cc(C(F)(F)F)cc(C(F)(F)F)c2)c2ncc(N3CCOCC3)cn2)C[C@H]1CC. The molecule has 4 heterocycles. The lowest BCUT2D eigenvalue weighted by Gasteiger charge is -2.43. The third-order valence-electron chi connectivity index (χ3n) is 8.09. The molecular formula is C31H34F6N6O4. The Morgan fingerprint density at radius 1 is 1.00 bits per heavy atom. The molecule has 1 fully saturated rings. The minimum Gasteiger partial charge on any atom is -0.481 e. The highest BCUT2D eigenvalue weighted by Crippen LogP contribution is 2.44. The van der Waals surface area contributed by atoms with E-state index in [1.54, 1.807) is 31.5 Å². The first-order valence-electron chi connectivity index (χ1n) is 15.0. The van der Waals surface area contributed by atoms with Gasteiger partial charge in [-0.3, -0.25) is 4.90 Å². The monoisotopic (exact) mass is 668 g/mol. The molecular weight excluding hydrogens is 634 g/mol. The summed E-state index contributed by atoms with van der Waals surface area (Å²) in [5, 5.41) is 0. The number of ether oxygens (including phenoxy) is 3. The van der Waals surface area contributed by atoms with Crippen LogP contribution in [0.2, 0.25) is 0 Å². The Bertz CT molecular complexity index is 1520. The van der Waals surface area contributed by atoms with Crippen molar-refractivity contribution in [2.75, 3.05) is 54.7 Å². The molecule has 16 heteroatoms. The van der Waals surface area contributed by atoms with Crippen molar-refractivity contribution in [2.24, 2.45) is 0 Å². The molecule has 0 saturated carbocycles. The molecule has 0 bridgehead atoms. The Hall–Kier alpha value is -4.34. The summed E-state index contributed by atoms with van der Waals surface area (Å²) in [7, 11) is 1.40. The Kier molecular flexibility index (Phi) is 9.98. The second-order valence-corrected chi connectivity index (χ2v) is 11.0. The summed E-state index contributed by atoms with van der Waals surface area (Å²) in [6, 6.07) is 3.39. The molecule has 2 aliphatic rings. The van der Waals surface area contributed by atoms with Gasteiger partial charge in [-0.05, 0) is 49.6 Å². The summed E-state index contributed by atoms with van der Waals surface area (Å²) in [5.41, 5.74) is -1.80. The Balaban J connectivity index is 1.66. The van der Waals surface area contributed by atoms with E-state index in [4.69, 9.17) is 14.2 Å². The lowest BCUT2D eigenvalue weighted by Crippen LogP contribution is -2.48. The molecule has 254 valence electrons. The molecule has 2 atom stereocenters. The molecule has 2 aliphatic heterocycles. The Labute approximate surface area is 267 Å². The predicted molar refractivity (Wildman–Crippen MR) is 159 cm³/mol. The maximum absolute atomic E-state index is 13.8. The molecule has 5 rings (SSSR count). The maximum atomic E-state index is 13.8. The highest BCUT2D eigenvalue weighted by Gasteiger charge is 2.42. The summed E-state index contributed by atoms with van der Waals surface area (Å²) < 4.78 is 99.1. The average Bonchev–Trinajstić information content (AvgIpc) is 3.06. The highest BCUT2D eigenvalue weighted by molar-refractivity contribution is 5.90. The van der Waals surface area contributed by atoms with Gasteiger partial charge in [-0.15, -0.1) is 0 Å². The number of hydrogen-bond donors (Lipinski definition) is 0.